The van der Waals surface area contributed by atoms with Gasteiger partial charge in [0.2, 0.25) is 5.90 Å². The molecule has 2 aromatic rings. The van der Waals surface area contributed by atoms with Gasteiger partial charge in [0.15, 0.2) is 5.70 Å². The number of ether oxygens (including phenoxy) is 1. The molecule has 0 aliphatic carbocycles. The Labute approximate surface area is 127 Å². The lowest BCUT2D eigenvalue weighted by molar-refractivity contribution is -0.129. The molecule has 2 heterocycles. The number of nitrogens with zero attached hydrogens (tertiary/aromatic N) is 1. The first kappa shape index (κ1) is 13.8. The van der Waals surface area contributed by atoms with Gasteiger partial charge >= 0.3 is 5.97 Å². The van der Waals surface area contributed by atoms with Gasteiger partial charge in [0.05, 0.1) is 6.26 Å². The molecule has 108 valence electrons. The Morgan fingerprint density at radius 2 is 1.82 bits per heavy atom. The topological polar surface area (TPSA) is 51.8 Å². The van der Waals surface area contributed by atoms with E-state index < -0.39 is 5.97 Å². The van der Waals surface area contributed by atoms with Crippen LogP contribution in [0.5, 0.6) is 0 Å². The van der Waals surface area contributed by atoms with Crippen LogP contribution >= 0.6 is 0 Å². The van der Waals surface area contributed by atoms with Gasteiger partial charge in [-0.05, 0) is 35.9 Å². The van der Waals surface area contributed by atoms with Gasteiger partial charge in [-0.3, -0.25) is 0 Å². The summed E-state index contributed by atoms with van der Waals surface area (Å²) in [4.78, 5) is 15.8. The van der Waals surface area contributed by atoms with Crippen molar-refractivity contribution >= 4 is 24.0 Å². The predicted molar refractivity (Wildman–Crippen MR) is 84.8 cm³/mol. The molecule has 0 bridgehead atoms. The number of allylic oxidation sites excluding steroid dienone is 2. The Balaban J connectivity index is 1.70. The van der Waals surface area contributed by atoms with E-state index in [2.05, 4.69) is 4.99 Å². The minimum atomic E-state index is -0.461. The highest BCUT2D eigenvalue weighted by molar-refractivity contribution is 6.09. The second-order valence-electron chi connectivity index (χ2n) is 4.51. The Morgan fingerprint density at radius 1 is 0.955 bits per heavy atom. The molecule has 0 radical (unpaired) electrons. The van der Waals surface area contributed by atoms with Crippen molar-refractivity contribution < 1.29 is 13.9 Å². The van der Waals surface area contributed by atoms with E-state index in [-0.39, 0.29) is 11.6 Å². The second kappa shape index (κ2) is 6.54. The van der Waals surface area contributed by atoms with Gasteiger partial charge in [-0.1, -0.05) is 36.4 Å². The molecule has 1 aromatic carbocycles. The zero-order chi connectivity index (χ0) is 15.2. The number of hydrogen-bond acceptors (Lipinski definition) is 4. The Morgan fingerprint density at radius 3 is 2.59 bits per heavy atom. The molecule has 1 aliphatic heterocycles. The number of benzene rings is 1. The van der Waals surface area contributed by atoms with Crippen LogP contribution in [0.4, 0.5) is 0 Å². The number of furan rings is 1. The fraction of sp³-hybridized carbons (Fsp3) is 0. The molecule has 22 heavy (non-hydrogen) atoms. The molecule has 1 aliphatic rings. The Bertz CT molecular complexity index is 766. The zero-order valence-corrected chi connectivity index (χ0v) is 11.7. The van der Waals surface area contributed by atoms with E-state index >= 15 is 0 Å². The first-order valence-electron chi connectivity index (χ1n) is 6.77. The predicted octanol–water partition coefficient (Wildman–Crippen LogP) is 3.85. The molecule has 0 spiro atoms. The van der Waals surface area contributed by atoms with Gasteiger partial charge < -0.3 is 9.15 Å². The molecule has 0 fully saturated rings. The SMILES string of the molecule is O=C1OC(C=Cc2ccccc2)=NC1=CC=Cc1ccco1. The largest absolute Gasteiger partial charge is 0.465 e. The third-order valence-corrected chi connectivity index (χ3v) is 2.91. The van der Waals surface area contributed by atoms with Gasteiger partial charge in [0.25, 0.3) is 0 Å². The minimum Gasteiger partial charge on any atom is -0.465 e. The van der Waals surface area contributed by atoms with Crippen LogP contribution in [-0.4, -0.2) is 11.9 Å². The summed E-state index contributed by atoms with van der Waals surface area (Å²) in [6.07, 6.45) is 10.1. The van der Waals surface area contributed by atoms with Gasteiger partial charge in [0, 0.05) is 6.08 Å². The van der Waals surface area contributed by atoms with Crippen molar-refractivity contribution in [3.63, 3.8) is 0 Å². The van der Waals surface area contributed by atoms with Crippen molar-refractivity contribution in [3.8, 4) is 0 Å². The van der Waals surface area contributed by atoms with E-state index in [0.29, 0.717) is 5.76 Å². The van der Waals surface area contributed by atoms with Crippen LogP contribution < -0.4 is 0 Å². The maximum atomic E-state index is 11.7. The molecule has 1 aromatic heterocycles. The summed E-state index contributed by atoms with van der Waals surface area (Å²) in [5.41, 5.74) is 1.27. The van der Waals surface area contributed by atoms with E-state index in [9.17, 15) is 4.79 Å². The standard InChI is InChI=1S/C18H13NO3/c20-18-16(10-4-8-15-9-5-13-21-15)19-17(22-18)12-11-14-6-2-1-3-7-14/h1-13H. The van der Waals surface area contributed by atoms with Crippen molar-refractivity contribution in [2.75, 3.05) is 0 Å². The van der Waals surface area contributed by atoms with Crippen LogP contribution in [0.1, 0.15) is 11.3 Å². The van der Waals surface area contributed by atoms with E-state index in [0.717, 1.165) is 5.56 Å². The number of hydrogen-bond donors (Lipinski definition) is 0. The fourth-order valence-corrected chi connectivity index (χ4v) is 1.86. The van der Waals surface area contributed by atoms with E-state index in [4.69, 9.17) is 9.15 Å². The van der Waals surface area contributed by atoms with Crippen molar-refractivity contribution in [3.05, 3.63) is 84.0 Å². The van der Waals surface area contributed by atoms with Gasteiger partial charge in [0.1, 0.15) is 5.76 Å². The molecule has 4 nitrogen and oxygen atoms in total. The van der Waals surface area contributed by atoms with Crippen LogP contribution in [0.15, 0.2) is 82.1 Å². The molecular weight excluding hydrogens is 278 g/mol. The number of esters is 1. The normalized spacial score (nSPS) is 16.6. The summed E-state index contributed by atoms with van der Waals surface area (Å²) in [6, 6.07) is 13.3. The van der Waals surface area contributed by atoms with Crippen LogP contribution in [0.3, 0.4) is 0 Å². The average Bonchev–Trinajstić information content (AvgIpc) is 3.17. The van der Waals surface area contributed by atoms with Crippen molar-refractivity contribution in [1.82, 2.24) is 0 Å². The van der Waals surface area contributed by atoms with Crippen LogP contribution in [0, 0.1) is 0 Å². The molecule has 0 unspecified atom stereocenters. The number of aliphatic imine (C=N–C) groups is 1. The highest BCUT2D eigenvalue weighted by Gasteiger charge is 2.20. The molecule has 0 atom stereocenters. The second-order valence-corrected chi connectivity index (χ2v) is 4.51. The summed E-state index contributed by atoms with van der Waals surface area (Å²) in [7, 11) is 0. The third-order valence-electron chi connectivity index (χ3n) is 2.91. The number of cyclic esters (lactones) is 1. The number of carbonyl (C=O) groups excluding carboxylic acids is 1. The van der Waals surface area contributed by atoms with E-state index in [1.807, 2.05) is 42.5 Å². The summed E-state index contributed by atoms with van der Waals surface area (Å²) in [5, 5.41) is 0. The smallest absolute Gasteiger partial charge is 0.363 e. The van der Waals surface area contributed by atoms with Crippen molar-refractivity contribution in [2.45, 2.75) is 0 Å². The molecule has 4 heteroatoms. The molecule has 0 saturated carbocycles. The third kappa shape index (κ3) is 3.49. The first-order valence-corrected chi connectivity index (χ1v) is 6.77. The summed E-state index contributed by atoms with van der Waals surface area (Å²) in [6.45, 7) is 0. The highest BCUT2D eigenvalue weighted by Crippen LogP contribution is 2.13. The van der Waals surface area contributed by atoms with Crippen molar-refractivity contribution in [1.29, 1.82) is 0 Å². The lowest BCUT2D eigenvalue weighted by atomic mass is 10.2. The summed E-state index contributed by atoms with van der Waals surface area (Å²) < 4.78 is 10.2. The van der Waals surface area contributed by atoms with Crippen LogP contribution in [0.2, 0.25) is 0 Å². The monoisotopic (exact) mass is 291 g/mol. The fourth-order valence-electron chi connectivity index (χ4n) is 1.86. The van der Waals surface area contributed by atoms with Crippen molar-refractivity contribution in [2.24, 2.45) is 4.99 Å². The van der Waals surface area contributed by atoms with E-state index in [1.54, 1.807) is 36.6 Å². The average molecular weight is 291 g/mol. The molecule has 0 amide bonds. The Hall–Kier alpha value is -3.14. The summed E-state index contributed by atoms with van der Waals surface area (Å²) >= 11 is 0. The summed E-state index contributed by atoms with van der Waals surface area (Å²) in [5.74, 6) is 0.527. The molecular formula is C18H13NO3. The number of rotatable bonds is 4. The molecule has 0 N–H and O–H groups in total. The van der Waals surface area contributed by atoms with Crippen LogP contribution in [-0.2, 0) is 9.53 Å². The van der Waals surface area contributed by atoms with Gasteiger partial charge in [-0.25, -0.2) is 9.79 Å². The quantitative estimate of drug-likeness (QED) is 0.635. The van der Waals surface area contributed by atoms with Gasteiger partial charge in [-0.15, -0.1) is 0 Å². The lowest BCUT2D eigenvalue weighted by Gasteiger charge is -1.92. The van der Waals surface area contributed by atoms with Gasteiger partial charge in [-0.2, -0.15) is 0 Å². The highest BCUT2D eigenvalue weighted by atomic mass is 16.6. The minimum absolute atomic E-state index is 0.260. The lowest BCUT2D eigenvalue weighted by Crippen LogP contribution is -2.00. The number of carbonyl (C=O) groups is 1. The Kier molecular flexibility index (Phi) is 4.11. The molecule has 3 rings (SSSR count). The molecule has 0 saturated heterocycles. The first-order chi connectivity index (χ1) is 10.8. The maximum absolute atomic E-state index is 11.7. The van der Waals surface area contributed by atoms with Crippen LogP contribution in [0.25, 0.3) is 12.2 Å². The van der Waals surface area contributed by atoms with E-state index in [1.165, 1.54) is 0 Å². The maximum Gasteiger partial charge on any atom is 0.363 e. The zero-order valence-electron chi connectivity index (χ0n) is 11.7.